The van der Waals surface area contributed by atoms with Crippen molar-refractivity contribution >= 4 is 15.9 Å². The van der Waals surface area contributed by atoms with Gasteiger partial charge in [-0.1, -0.05) is 40.2 Å². The van der Waals surface area contributed by atoms with Gasteiger partial charge in [0.05, 0.1) is 6.10 Å². The van der Waals surface area contributed by atoms with Gasteiger partial charge in [0, 0.05) is 22.3 Å². The highest BCUT2D eigenvalue weighted by Gasteiger charge is 2.29. The van der Waals surface area contributed by atoms with Crippen LogP contribution in [-0.2, 0) is 6.42 Å². The van der Waals surface area contributed by atoms with Gasteiger partial charge in [0.15, 0.2) is 0 Å². The largest absolute Gasteiger partial charge is 0.388 e. The van der Waals surface area contributed by atoms with Crippen LogP contribution in [0, 0.1) is 0 Å². The zero-order valence-electron chi connectivity index (χ0n) is 10.6. The number of nitrogens with zero attached hydrogens (tertiary/aromatic N) is 1. The Morgan fingerprint density at radius 2 is 2.05 bits per heavy atom. The monoisotopic (exact) mass is 317 g/mol. The molecule has 98 valence electrons. The molecule has 0 amide bonds. The van der Waals surface area contributed by atoms with Crippen molar-refractivity contribution in [3.05, 3.63) is 63.9 Å². The molecule has 1 aliphatic rings. The standard InChI is InChI=1S/C16H16BrNO/c17-14-9-2-1-7-12(14)16(19)13-8-3-5-11-6-4-10-18-15(11)13/h1-2,4,6-7,9-10,13,16,19H,3,5,8H2. The molecule has 2 nitrogen and oxygen atoms in total. The summed E-state index contributed by atoms with van der Waals surface area (Å²) >= 11 is 3.52. The maximum atomic E-state index is 10.7. The van der Waals surface area contributed by atoms with Crippen LogP contribution in [0.25, 0.3) is 0 Å². The first-order chi connectivity index (χ1) is 9.27. The first-order valence-corrected chi connectivity index (χ1v) is 7.43. The first-order valence-electron chi connectivity index (χ1n) is 6.63. The molecule has 3 rings (SSSR count). The quantitative estimate of drug-likeness (QED) is 0.908. The number of hydrogen-bond acceptors (Lipinski definition) is 2. The van der Waals surface area contributed by atoms with Gasteiger partial charge in [-0.25, -0.2) is 0 Å². The number of hydrogen-bond donors (Lipinski definition) is 1. The van der Waals surface area contributed by atoms with E-state index in [4.69, 9.17) is 0 Å². The summed E-state index contributed by atoms with van der Waals surface area (Å²) in [4.78, 5) is 4.50. The summed E-state index contributed by atoms with van der Waals surface area (Å²) in [6.45, 7) is 0. The molecule has 0 radical (unpaired) electrons. The second-order valence-corrected chi connectivity index (χ2v) is 5.87. The average Bonchev–Trinajstić information content (AvgIpc) is 2.46. The molecule has 0 fully saturated rings. The molecule has 0 aliphatic heterocycles. The Morgan fingerprint density at radius 3 is 2.89 bits per heavy atom. The van der Waals surface area contributed by atoms with Gasteiger partial charge in [-0.3, -0.25) is 4.98 Å². The van der Waals surface area contributed by atoms with Crippen molar-refractivity contribution in [1.82, 2.24) is 4.98 Å². The number of halogens is 1. The van der Waals surface area contributed by atoms with Crippen LogP contribution in [0.1, 0.15) is 41.7 Å². The van der Waals surface area contributed by atoms with E-state index in [1.165, 1.54) is 5.56 Å². The van der Waals surface area contributed by atoms with E-state index in [0.29, 0.717) is 0 Å². The minimum absolute atomic E-state index is 0.101. The van der Waals surface area contributed by atoms with E-state index >= 15 is 0 Å². The normalized spacial score (nSPS) is 19.8. The number of aliphatic hydroxyl groups is 1. The zero-order valence-corrected chi connectivity index (χ0v) is 12.2. The fourth-order valence-electron chi connectivity index (χ4n) is 2.88. The molecular formula is C16H16BrNO. The fourth-order valence-corrected chi connectivity index (χ4v) is 3.40. The van der Waals surface area contributed by atoms with E-state index in [1.807, 2.05) is 36.5 Å². The van der Waals surface area contributed by atoms with Gasteiger partial charge in [0.1, 0.15) is 0 Å². The van der Waals surface area contributed by atoms with Crippen molar-refractivity contribution in [3.63, 3.8) is 0 Å². The molecule has 2 aromatic rings. The van der Waals surface area contributed by atoms with Gasteiger partial charge in [0.25, 0.3) is 0 Å². The minimum Gasteiger partial charge on any atom is -0.388 e. The average molecular weight is 318 g/mol. The molecular weight excluding hydrogens is 302 g/mol. The summed E-state index contributed by atoms with van der Waals surface area (Å²) in [6, 6.07) is 12.0. The maximum Gasteiger partial charge on any atom is 0.0884 e. The summed E-state index contributed by atoms with van der Waals surface area (Å²) in [5.74, 6) is 0.101. The third-order valence-corrected chi connectivity index (χ3v) is 4.57. The molecule has 1 heterocycles. The highest BCUT2D eigenvalue weighted by molar-refractivity contribution is 9.10. The van der Waals surface area contributed by atoms with Crippen LogP contribution in [0.4, 0.5) is 0 Å². The summed E-state index contributed by atoms with van der Waals surface area (Å²) in [6.07, 6.45) is 4.51. The second kappa shape index (κ2) is 5.43. The van der Waals surface area contributed by atoms with Gasteiger partial charge < -0.3 is 5.11 Å². The predicted octanol–water partition coefficient (Wildman–Crippen LogP) is 4.00. The molecule has 2 atom stereocenters. The number of rotatable bonds is 2. The molecule has 1 N–H and O–H groups in total. The summed E-state index contributed by atoms with van der Waals surface area (Å²) in [5.41, 5.74) is 3.30. The molecule has 3 heteroatoms. The van der Waals surface area contributed by atoms with E-state index in [9.17, 15) is 5.11 Å². The predicted molar refractivity (Wildman–Crippen MR) is 79.0 cm³/mol. The van der Waals surface area contributed by atoms with E-state index in [2.05, 4.69) is 27.0 Å². The Hall–Kier alpha value is -1.19. The number of aryl methyl sites for hydroxylation is 1. The maximum absolute atomic E-state index is 10.7. The Kier molecular flexibility index (Phi) is 3.67. The lowest BCUT2D eigenvalue weighted by Gasteiger charge is -2.29. The van der Waals surface area contributed by atoms with Crippen molar-refractivity contribution < 1.29 is 5.11 Å². The van der Waals surface area contributed by atoms with Crippen LogP contribution in [0.15, 0.2) is 47.1 Å². The number of fused-ring (bicyclic) bond motifs is 1. The molecule has 0 saturated carbocycles. The fraction of sp³-hybridized carbons (Fsp3) is 0.312. The lowest BCUT2D eigenvalue weighted by atomic mass is 9.81. The lowest BCUT2D eigenvalue weighted by Crippen LogP contribution is -2.18. The van der Waals surface area contributed by atoms with Crippen molar-refractivity contribution in [2.45, 2.75) is 31.3 Å². The summed E-state index contributed by atoms with van der Waals surface area (Å²) in [5, 5.41) is 10.7. The van der Waals surface area contributed by atoms with E-state index in [0.717, 1.165) is 35.0 Å². The molecule has 19 heavy (non-hydrogen) atoms. The third kappa shape index (κ3) is 2.45. The van der Waals surface area contributed by atoms with Crippen molar-refractivity contribution in [2.24, 2.45) is 0 Å². The summed E-state index contributed by atoms with van der Waals surface area (Å²) in [7, 11) is 0. The highest BCUT2D eigenvalue weighted by Crippen LogP contribution is 2.40. The molecule has 0 bridgehead atoms. The van der Waals surface area contributed by atoms with Gasteiger partial charge in [-0.15, -0.1) is 0 Å². The van der Waals surface area contributed by atoms with Crippen LogP contribution in [0.3, 0.4) is 0 Å². The molecule has 1 aromatic carbocycles. The van der Waals surface area contributed by atoms with Gasteiger partial charge in [-0.2, -0.15) is 0 Å². The number of benzene rings is 1. The molecule has 2 unspecified atom stereocenters. The Balaban J connectivity index is 1.98. The van der Waals surface area contributed by atoms with Gasteiger partial charge in [0.2, 0.25) is 0 Å². The SMILES string of the molecule is OC(c1ccccc1Br)C1CCCc2cccnc21. The van der Waals surface area contributed by atoms with Crippen molar-refractivity contribution in [2.75, 3.05) is 0 Å². The molecule has 0 spiro atoms. The number of aromatic nitrogens is 1. The third-order valence-electron chi connectivity index (χ3n) is 3.84. The van der Waals surface area contributed by atoms with Crippen molar-refractivity contribution in [3.8, 4) is 0 Å². The highest BCUT2D eigenvalue weighted by atomic mass is 79.9. The van der Waals surface area contributed by atoms with Crippen LogP contribution < -0.4 is 0 Å². The molecule has 1 aliphatic carbocycles. The van der Waals surface area contributed by atoms with E-state index in [1.54, 1.807) is 0 Å². The van der Waals surface area contributed by atoms with Crippen LogP contribution in [-0.4, -0.2) is 10.1 Å². The van der Waals surface area contributed by atoms with E-state index in [-0.39, 0.29) is 5.92 Å². The minimum atomic E-state index is -0.496. The lowest BCUT2D eigenvalue weighted by molar-refractivity contribution is 0.133. The van der Waals surface area contributed by atoms with Crippen molar-refractivity contribution in [1.29, 1.82) is 0 Å². The Morgan fingerprint density at radius 1 is 1.21 bits per heavy atom. The Labute approximate surface area is 121 Å². The van der Waals surface area contributed by atoms with E-state index < -0.39 is 6.10 Å². The topological polar surface area (TPSA) is 33.1 Å². The number of pyridine rings is 1. The van der Waals surface area contributed by atoms with Gasteiger partial charge >= 0.3 is 0 Å². The van der Waals surface area contributed by atoms with Crippen LogP contribution in [0.5, 0.6) is 0 Å². The number of aliphatic hydroxyl groups excluding tert-OH is 1. The van der Waals surface area contributed by atoms with Gasteiger partial charge in [-0.05, 0) is 42.5 Å². The second-order valence-electron chi connectivity index (χ2n) is 5.01. The smallest absolute Gasteiger partial charge is 0.0884 e. The first kappa shape index (κ1) is 12.8. The van der Waals surface area contributed by atoms with Crippen LogP contribution >= 0.6 is 15.9 Å². The zero-order chi connectivity index (χ0) is 13.2. The molecule has 0 saturated heterocycles. The van der Waals surface area contributed by atoms with Crippen LogP contribution in [0.2, 0.25) is 0 Å². The summed E-state index contributed by atoms with van der Waals surface area (Å²) < 4.78 is 0.963. The Bertz CT molecular complexity index is 584. The molecule has 1 aromatic heterocycles.